The summed E-state index contributed by atoms with van der Waals surface area (Å²) in [6.45, 7) is 9.25. The fourth-order valence-corrected chi connectivity index (χ4v) is 8.60. The van der Waals surface area contributed by atoms with E-state index in [0.29, 0.717) is 23.0 Å². The zero-order valence-electron chi connectivity index (χ0n) is 18.7. The van der Waals surface area contributed by atoms with Gasteiger partial charge >= 0.3 is 0 Å². The van der Waals surface area contributed by atoms with Gasteiger partial charge in [-0.15, -0.1) is 0 Å². The first-order chi connectivity index (χ1) is 14.0. The van der Waals surface area contributed by atoms with Crippen LogP contribution in [-0.4, -0.2) is 30.7 Å². The van der Waals surface area contributed by atoms with Crippen molar-refractivity contribution >= 4 is 11.5 Å². The number of rotatable bonds is 3. The molecule has 0 aromatic rings. The fourth-order valence-electron chi connectivity index (χ4n) is 8.60. The molecular weight excluding hydrogens is 360 g/mol. The lowest BCUT2D eigenvalue weighted by molar-refractivity contribution is -0.138. The topological polar surface area (TPSA) is 50.7 Å². The highest BCUT2D eigenvalue weighted by molar-refractivity contribution is 5.88. The van der Waals surface area contributed by atoms with E-state index in [1.807, 2.05) is 0 Å². The first kappa shape index (κ1) is 20.0. The predicted molar refractivity (Wildman–Crippen MR) is 116 cm³/mol. The summed E-state index contributed by atoms with van der Waals surface area (Å²) in [5.41, 5.74) is 1.76. The molecule has 1 aliphatic heterocycles. The summed E-state index contributed by atoms with van der Waals surface area (Å²) in [5.74, 6) is 4.13. The highest BCUT2D eigenvalue weighted by atomic mass is 16.6. The van der Waals surface area contributed by atoms with Crippen molar-refractivity contribution in [1.82, 2.24) is 5.32 Å². The van der Waals surface area contributed by atoms with Gasteiger partial charge in [-0.25, -0.2) is 0 Å². The molecule has 0 bridgehead atoms. The zero-order valence-corrected chi connectivity index (χ0v) is 18.7. The molecule has 4 heteroatoms. The van der Waals surface area contributed by atoms with Crippen LogP contribution in [0.15, 0.2) is 5.16 Å². The summed E-state index contributed by atoms with van der Waals surface area (Å²) >= 11 is 0. The Labute approximate surface area is 176 Å². The van der Waals surface area contributed by atoms with Crippen LogP contribution in [0.4, 0.5) is 0 Å². The van der Waals surface area contributed by atoms with E-state index in [2.05, 4.69) is 26.1 Å². The minimum absolute atomic E-state index is 0.00103. The van der Waals surface area contributed by atoms with Gasteiger partial charge < -0.3 is 10.2 Å². The van der Waals surface area contributed by atoms with E-state index in [4.69, 9.17) is 9.99 Å². The molecule has 5 aliphatic rings. The van der Waals surface area contributed by atoms with Crippen molar-refractivity contribution in [2.75, 3.05) is 13.1 Å². The molecule has 0 aromatic carbocycles. The van der Waals surface area contributed by atoms with Crippen molar-refractivity contribution in [2.45, 2.75) is 91.1 Å². The van der Waals surface area contributed by atoms with Gasteiger partial charge in [0.1, 0.15) is 11.9 Å². The second-order valence-corrected chi connectivity index (χ2v) is 11.3. The summed E-state index contributed by atoms with van der Waals surface area (Å²) in [6, 6.07) is 0. The molecule has 5 fully saturated rings. The van der Waals surface area contributed by atoms with E-state index in [1.165, 1.54) is 37.8 Å². The number of ketones is 1. The molecule has 0 amide bonds. The Morgan fingerprint density at radius 2 is 1.90 bits per heavy atom. The van der Waals surface area contributed by atoms with E-state index < -0.39 is 0 Å². The fraction of sp³-hybridized carbons (Fsp3) is 0.920. The lowest BCUT2D eigenvalue weighted by Crippen LogP contribution is -2.56. The Morgan fingerprint density at radius 1 is 1.03 bits per heavy atom. The van der Waals surface area contributed by atoms with Crippen LogP contribution in [-0.2, 0) is 9.63 Å². The lowest BCUT2D eigenvalue weighted by Gasteiger charge is -2.61. The molecule has 8 atom stereocenters. The Morgan fingerprint density at radius 3 is 2.66 bits per heavy atom. The van der Waals surface area contributed by atoms with Gasteiger partial charge in [-0.3, -0.25) is 4.79 Å². The molecular formula is C25H40N2O2. The van der Waals surface area contributed by atoms with Crippen LogP contribution in [0.25, 0.3) is 0 Å². The van der Waals surface area contributed by atoms with Gasteiger partial charge in [-0.2, -0.15) is 0 Å². The van der Waals surface area contributed by atoms with Crippen LogP contribution in [0, 0.1) is 40.4 Å². The number of hydrogen-bond acceptors (Lipinski definition) is 4. The van der Waals surface area contributed by atoms with Crippen molar-refractivity contribution < 1.29 is 9.63 Å². The van der Waals surface area contributed by atoms with Crippen LogP contribution in [0.1, 0.15) is 85.0 Å². The number of nitrogens with zero attached hydrogens (tertiary/aromatic N) is 1. The molecule has 0 aromatic heterocycles. The average Bonchev–Trinajstić information content (AvgIpc) is 3.34. The SMILES string of the molecule is CC[C@@H]1/C(=N/O[C@H]2CCNC2)CC[C@@]2(C)C1CC[C@@H]1[C@@H]2CC[C@]2(C)C(=O)CC[C@@H]12. The molecule has 29 heavy (non-hydrogen) atoms. The van der Waals surface area contributed by atoms with Gasteiger partial charge in [0.2, 0.25) is 0 Å². The highest BCUT2D eigenvalue weighted by Gasteiger charge is 2.61. The molecule has 1 unspecified atom stereocenters. The summed E-state index contributed by atoms with van der Waals surface area (Å²) in [6.07, 6.45) is 11.9. The second-order valence-electron chi connectivity index (χ2n) is 11.3. The Kier molecular flexibility index (Phi) is 5.08. The van der Waals surface area contributed by atoms with Gasteiger partial charge in [0.25, 0.3) is 0 Å². The summed E-state index contributed by atoms with van der Waals surface area (Å²) in [7, 11) is 0. The maximum Gasteiger partial charge on any atom is 0.141 e. The minimum Gasteiger partial charge on any atom is -0.391 e. The second kappa shape index (κ2) is 7.35. The van der Waals surface area contributed by atoms with Gasteiger partial charge in [0, 0.05) is 30.7 Å². The smallest absolute Gasteiger partial charge is 0.141 e. The van der Waals surface area contributed by atoms with Gasteiger partial charge in [0.05, 0.1) is 5.71 Å². The van der Waals surface area contributed by atoms with E-state index >= 15 is 0 Å². The summed E-state index contributed by atoms with van der Waals surface area (Å²) < 4.78 is 0. The van der Waals surface area contributed by atoms with Crippen LogP contribution < -0.4 is 5.32 Å². The van der Waals surface area contributed by atoms with Crippen molar-refractivity contribution in [3.63, 3.8) is 0 Å². The van der Waals surface area contributed by atoms with Gasteiger partial charge in [-0.1, -0.05) is 25.9 Å². The highest BCUT2D eigenvalue weighted by Crippen LogP contribution is 2.66. The Balaban J connectivity index is 1.36. The van der Waals surface area contributed by atoms with Crippen LogP contribution in [0.2, 0.25) is 0 Å². The third-order valence-corrected chi connectivity index (χ3v) is 10.3. The van der Waals surface area contributed by atoms with Crippen LogP contribution >= 0.6 is 0 Å². The third kappa shape index (κ3) is 3.03. The summed E-state index contributed by atoms with van der Waals surface area (Å²) in [4.78, 5) is 18.6. The number of nitrogens with one attached hydrogen (secondary N) is 1. The average molecular weight is 401 g/mol. The molecule has 5 rings (SSSR count). The Hall–Kier alpha value is -0.900. The number of carbonyl (C=O) groups is 1. The molecule has 0 radical (unpaired) electrons. The van der Waals surface area contributed by atoms with Crippen molar-refractivity contribution in [3.05, 3.63) is 0 Å². The number of Topliss-reactive ketones (excluding diaryl/α,β-unsaturated/α-hetero) is 1. The number of carbonyl (C=O) groups excluding carboxylic acids is 1. The normalized spacial score (nSPS) is 50.9. The molecule has 4 saturated carbocycles. The molecule has 4 aliphatic carbocycles. The maximum absolute atomic E-state index is 12.7. The van der Waals surface area contributed by atoms with E-state index in [0.717, 1.165) is 62.9 Å². The van der Waals surface area contributed by atoms with Crippen LogP contribution in [0.5, 0.6) is 0 Å². The summed E-state index contributed by atoms with van der Waals surface area (Å²) in [5, 5.41) is 8.12. The first-order valence-electron chi connectivity index (χ1n) is 12.4. The molecule has 1 saturated heterocycles. The van der Waals surface area contributed by atoms with E-state index in [-0.39, 0.29) is 11.5 Å². The molecule has 4 nitrogen and oxygen atoms in total. The molecule has 1 heterocycles. The van der Waals surface area contributed by atoms with E-state index in [9.17, 15) is 4.79 Å². The first-order valence-corrected chi connectivity index (χ1v) is 12.4. The monoisotopic (exact) mass is 400 g/mol. The van der Waals surface area contributed by atoms with Crippen molar-refractivity contribution in [1.29, 1.82) is 0 Å². The standard InChI is InChI=1S/C25H40N2O2/c1-4-17-19-6-5-18-20-7-8-23(28)25(20,3)12-9-21(18)24(19,2)13-10-22(17)27-29-16-11-14-26-15-16/h16-21,26H,4-15H2,1-3H3/b27-22+/t16-,17-,18-,19?,20-,21-,24-,25-/m0/s1. The predicted octanol–water partition coefficient (Wildman–Crippen LogP) is 4.97. The largest absolute Gasteiger partial charge is 0.391 e. The minimum atomic E-state index is -0.00103. The number of hydrogen-bond donors (Lipinski definition) is 1. The number of fused-ring (bicyclic) bond motifs is 5. The number of oxime groups is 1. The third-order valence-electron chi connectivity index (χ3n) is 10.3. The van der Waals surface area contributed by atoms with Crippen molar-refractivity contribution in [2.24, 2.45) is 45.6 Å². The molecule has 0 spiro atoms. The van der Waals surface area contributed by atoms with Crippen molar-refractivity contribution in [3.8, 4) is 0 Å². The van der Waals surface area contributed by atoms with Gasteiger partial charge in [-0.05, 0) is 87.0 Å². The maximum atomic E-state index is 12.7. The molecule has 162 valence electrons. The zero-order chi connectivity index (χ0) is 20.2. The van der Waals surface area contributed by atoms with Gasteiger partial charge in [0.15, 0.2) is 0 Å². The Bertz CT molecular complexity index is 684. The van der Waals surface area contributed by atoms with Crippen LogP contribution in [0.3, 0.4) is 0 Å². The molecule has 1 N–H and O–H groups in total. The quantitative estimate of drug-likeness (QED) is 0.681. The lowest BCUT2D eigenvalue weighted by atomic mass is 9.43. The van der Waals surface area contributed by atoms with E-state index in [1.54, 1.807) is 0 Å².